The van der Waals surface area contributed by atoms with Crippen LogP contribution in [0.4, 0.5) is 4.79 Å². The largest absolute Gasteiger partial charge is 0.444 e. The number of amides is 1. The maximum Gasteiger partial charge on any atom is 0.410 e. The molecule has 0 bridgehead atoms. The Labute approximate surface area is 140 Å². The van der Waals surface area contributed by atoms with Crippen molar-refractivity contribution in [2.45, 2.75) is 64.2 Å². The predicted octanol–water partition coefficient (Wildman–Crippen LogP) is 1.43. The second-order valence-electron chi connectivity index (χ2n) is 7.98. The summed E-state index contributed by atoms with van der Waals surface area (Å²) in [6.07, 6.45) is 2.42. The lowest BCUT2D eigenvalue weighted by Gasteiger charge is -2.48. The van der Waals surface area contributed by atoms with Crippen LogP contribution in [0.25, 0.3) is 0 Å². The lowest BCUT2D eigenvalue weighted by atomic mass is 9.90. The van der Waals surface area contributed by atoms with Crippen LogP contribution in [0.1, 0.15) is 47.0 Å². The van der Waals surface area contributed by atoms with E-state index in [0.717, 1.165) is 38.9 Å². The molecule has 2 N–H and O–H groups in total. The van der Waals surface area contributed by atoms with Gasteiger partial charge >= 0.3 is 6.09 Å². The number of aliphatic hydroxyl groups is 1. The fourth-order valence-corrected chi connectivity index (χ4v) is 3.27. The Morgan fingerprint density at radius 2 is 1.96 bits per heavy atom. The molecule has 2 fully saturated rings. The fourth-order valence-electron chi connectivity index (χ4n) is 3.27. The summed E-state index contributed by atoms with van der Waals surface area (Å²) in [5.74, 6) is 0. The summed E-state index contributed by atoms with van der Waals surface area (Å²) in [5.41, 5.74) is -1.04. The van der Waals surface area contributed by atoms with Gasteiger partial charge in [-0.15, -0.1) is 0 Å². The first kappa shape index (κ1) is 18.5. The number of hydrogen-bond acceptors (Lipinski definition) is 5. The average molecular weight is 327 g/mol. The summed E-state index contributed by atoms with van der Waals surface area (Å²) in [7, 11) is 0. The van der Waals surface area contributed by atoms with Crippen molar-refractivity contribution in [3.63, 3.8) is 0 Å². The van der Waals surface area contributed by atoms with Crippen LogP contribution in [0.2, 0.25) is 0 Å². The highest BCUT2D eigenvalue weighted by Gasteiger charge is 2.40. The molecule has 2 saturated heterocycles. The third kappa shape index (κ3) is 5.33. The summed E-state index contributed by atoms with van der Waals surface area (Å²) >= 11 is 0. The van der Waals surface area contributed by atoms with Gasteiger partial charge in [0.2, 0.25) is 0 Å². The number of hydrogen-bond donors (Lipinski definition) is 2. The monoisotopic (exact) mass is 327 g/mol. The van der Waals surface area contributed by atoms with Gasteiger partial charge in [0.1, 0.15) is 5.60 Å². The van der Waals surface area contributed by atoms with E-state index in [1.54, 1.807) is 4.90 Å². The molecule has 2 aliphatic rings. The van der Waals surface area contributed by atoms with E-state index in [0.29, 0.717) is 25.7 Å². The highest BCUT2D eigenvalue weighted by atomic mass is 16.6. The van der Waals surface area contributed by atoms with Crippen molar-refractivity contribution in [2.75, 3.05) is 39.3 Å². The van der Waals surface area contributed by atoms with Gasteiger partial charge in [-0.3, -0.25) is 4.90 Å². The van der Waals surface area contributed by atoms with Crippen molar-refractivity contribution in [1.82, 2.24) is 15.1 Å². The molecule has 0 aromatic rings. The Bertz CT molecular complexity index is 396. The number of likely N-dealkylation sites (tertiary alicyclic amines) is 1. The molecule has 0 aromatic heterocycles. The van der Waals surface area contributed by atoms with Crippen LogP contribution in [0.15, 0.2) is 0 Å². The van der Waals surface area contributed by atoms with Gasteiger partial charge in [0, 0.05) is 25.7 Å². The van der Waals surface area contributed by atoms with Gasteiger partial charge in [0.25, 0.3) is 0 Å². The molecule has 6 heteroatoms. The third-order valence-corrected chi connectivity index (χ3v) is 4.57. The summed E-state index contributed by atoms with van der Waals surface area (Å²) < 4.78 is 5.41. The van der Waals surface area contributed by atoms with Gasteiger partial charge in [-0.05, 0) is 59.7 Å². The van der Waals surface area contributed by atoms with E-state index in [4.69, 9.17) is 4.74 Å². The lowest BCUT2D eigenvalue weighted by molar-refractivity contribution is -0.0590. The number of ether oxygens (including phenoxy) is 1. The van der Waals surface area contributed by atoms with Gasteiger partial charge in [0.15, 0.2) is 0 Å². The zero-order chi connectivity index (χ0) is 17.1. The molecule has 0 radical (unpaired) electrons. The van der Waals surface area contributed by atoms with Crippen LogP contribution >= 0.6 is 0 Å². The summed E-state index contributed by atoms with van der Waals surface area (Å²) in [5, 5.41) is 14.1. The number of nitrogens with zero attached hydrogens (tertiary/aromatic N) is 2. The number of carbonyl (C=O) groups is 1. The van der Waals surface area contributed by atoms with E-state index >= 15 is 0 Å². The van der Waals surface area contributed by atoms with Gasteiger partial charge in [0.05, 0.1) is 5.60 Å². The minimum atomic E-state index is -0.591. The molecular weight excluding hydrogens is 294 g/mol. The summed E-state index contributed by atoms with van der Waals surface area (Å²) in [6.45, 7) is 12.6. The van der Waals surface area contributed by atoms with E-state index in [1.807, 2.05) is 20.8 Å². The highest BCUT2D eigenvalue weighted by molar-refractivity contribution is 5.69. The number of rotatable bonds is 5. The molecule has 0 saturated carbocycles. The van der Waals surface area contributed by atoms with Crippen LogP contribution in [0, 0.1) is 0 Å². The van der Waals surface area contributed by atoms with Gasteiger partial charge < -0.3 is 20.1 Å². The molecule has 2 heterocycles. The van der Waals surface area contributed by atoms with Crippen LogP contribution in [0.5, 0.6) is 0 Å². The molecule has 2 aliphatic heterocycles. The maximum absolute atomic E-state index is 12.0. The molecule has 23 heavy (non-hydrogen) atoms. The highest BCUT2D eigenvalue weighted by Crippen LogP contribution is 2.25. The number of nitrogens with one attached hydrogen (secondary N) is 1. The average Bonchev–Trinajstić information content (AvgIpc) is 2.35. The second-order valence-corrected chi connectivity index (χ2v) is 7.98. The number of piperidine rings is 1. The van der Waals surface area contributed by atoms with Crippen molar-refractivity contribution >= 4 is 6.09 Å². The Kier molecular flexibility index (Phi) is 5.92. The normalized spacial score (nSPS) is 22.1. The Balaban J connectivity index is 1.85. The van der Waals surface area contributed by atoms with Crippen molar-refractivity contribution in [3.05, 3.63) is 0 Å². The van der Waals surface area contributed by atoms with Crippen molar-refractivity contribution in [3.8, 4) is 0 Å². The minimum Gasteiger partial charge on any atom is -0.444 e. The van der Waals surface area contributed by atoms with Gasteiger partial charge in [-0.1, -0.05) is 6.92 Å². The van der Waals surface area contributed by atoms with Crippen LogP contribution in [-0.2, 0) is 4.74 Å². The zero-order valence-electron chi connectivity index (χ0n) is 15.1. The van der Waals surface area contributed by atoms with Crippen LogP contribution in [-0.4, -0.2) is 77.5 Å². The van der Waals surface area contributed by atoms with E-state index < -0.39 is 11.2 Å². The Morgan fingerprint density at radius 1 is 1.35 bits per heavy atom. The van der Waals surface area contributed by atoms with E-state index in [-0.39, 0.29) is 6.09 Å². The summed E-state index contributed by atoms with van der Waals surface area (Å²) in [6, 6.07) is 0.335. The molecule has 0 aliphatic carbocycles. The van der Waals surface area contributed by atoms with Crippen molar-refractivity contribution < 1.29 is 14.6 Å². The third-order valence-electron chi connectivity index (χ3n) is 4.57. The van der Waals surface area contributed by atoms with Gasteiger partial charge in [-0.25, -0.2) is 4.79 Å². The van der Waals surface area contributed by atoms with E-state index in [2.05, 4.69) is 17.1 Å². The molecule has 1 amide bonds. The fraction of sp³-hybridized carbons (Fsp3) is 0.941. The molecule has 6 nitrogen and oxygen atoms in total. The second kappa shape index (κ2) is 7.36. The maximum atomic E-state index is 12.0. The Morgan fingerprint density at radius 3 is 2.48 bits per heavy atom. The molecule has 134 valence electrons. The topological polar surface area (TPSA) is 65.0 Å². The lowest BCUT2D eigenvalue weighted by Crippen LogP contribution is -2.64. The predicted molar refractivity (Wildman–Crippen MR) is 90.5 cm³/mol. The summed E-state index contributed by atoms with van der Waals surface area (Å²) in [4.78, 5) is 16.2. The van der Waals surface area contributed by atoms with Crippen LogP contribution in [0.3, 0.4) is 0 Å². The quantitative estimate of drug-likeness (QED) is 0.800. The molecular formula is C17H33N3O3. The van der Waals surface area contributed by atoms with E-state index in [9.17, 15) is 9.90 Å². The standard InChI is InChI=1S/C17H33N3O3/c1-5-10-19(13-17(22)6-8-18-9-7-17)14-11-20(12-14)15(21)23-16(2,3)4/h14,18,22H,5-13H2,1-4H3. The first-order valence-electron chi connectivity index (χ1n) is 8.87. The Hall–Kier alpha value is -0.850. The molecule has 0 aromatic carbocycles. The molecule has 0 unspecified atom stereocenters. The number of carbonyl (C=O) groups excluding carboxylic acids is 1. The zero-order valence-corrected chi connectivity index (χ0v) is 15.1. The molecule has 2 rings (SSSR count). The SMILES string of the molecule is CCCN(CC1(O)CCNCC1)C1CN(C(=O)OC(C)(C)C)C1. The van der Waals surface area contributed by atoms with Crippen molar-refractivity contribution in [2.24, 2.45) is 0 Å². The minimum absolute atomic E-state index is 0.231. The smallest absolute Gasteiger partial charge is 0.410 e. The van der Waals surface area contributed by atoms with Gasteiger partial charge in [-0.2, -0.15) is 0 Å². The van der Waals surface area contributed by atoms with Crippen LogP contribution < -0.4 is 5.32 Å². The molecule has 0 atom stereocenters. The molecule has 0 spiro atoms. The first-order valence-corrected chi connectivity index (χ1v) is 8.87. The van der Waals surface area contributed by atoms with Crippen molar-refractivity contribution in [1.29, 1.82) is 0 Å². The first-order chi connectivity index (χ1) is 10.7. The van der Waals surface area contributed by atoms with E-state index in [1.165, 1.54) is 0 Å².